The number of carbonyl (C=O) groups is 3. The zero-order chi connectivity index (χ0) is 26.8. The lowest BCUT2D eigenvalue weighted by atomic mass is 10.2. The third-order valence-electron chi connectivity index (χ3n) is 4.97. The van der Waals surface area contributed by atoms with Gasteiger partial charge in [0.1, 0.15) is 5.75 Å². The highest BCUT2D eigenvalue weighted by molar-refractivity contribution is 6.40. The van der Waals surface area contributed by atoms with Crippen LogP contribution >= 0.6 is 11.6 Å². The summed E-state index contributed by atoms with van der Waals surface area (Å²) in [4.78, 5) is 36.8. The van der Waals surface area contributed by atoms with E-state index in [1.165, 1.54) is 6.21 Å². The lowest BCUT2D eigenvalue weighted by Gasteiger charge is -2.11. The largest absolute Gasteiger partial charge is 0.494 e. The summed E-state index contributed by atoms with van der Waals surface area (Å²) in [5, 5.41) is 6.78. The molecule has 3 aromatic carbocycles. The van der Waals surface area contributed by atoms with Gasteiger partial charge in [-0.3, -0.25) is 9.59 Å². The van der Waals surface area contributed by atoms with Crippen molar-refractivity contribution >= 4 is 41.3 Å². The predicted octanol–water partition coefficient (Wildman–Crippen LogP) is 4.75. The van der Waals surface area contributed by atoms with Gasteiger partial charge in [-0.2, -0.15) is 5.10 Å². The van der Waals surface area contributed by atoms with Crippen molar-refractivity contribution in [2.24, 2.45) is 5.10 Å². The van der Waals surface area contributed by atoms with Crippen LogP contribution in [0, 0.1) is 6.92 Å². The number of benzene rings is 3. The number of rotatable bonds is 9. The van der Waals surface area contributed by atoms with E-state index in [0.717, 1.165) is 0 Å². The molecule has 0 aliphatic heterocycles. The van der Waals surface area contributed by atoms with Crippen LogP contribution in [0.1, 0.15) is 35.3 Å². The Hall–Kier alpha value is -4.37. The molecule has 3 aromatic rings. The fourth-order valence-corrected chi connectivity index (χ4v) is 3.28. The number of hydrogen-bond acceptors (Lipinski definition) is 7. The van der Waals surface area contributed by atoms with Crippen LogP contribution in [0.5, 0.6) is 17.2 Å². The van der Waals surface area contributed by atoms with Crippen LogP contribution in [-0.4, -0.2) is 37.2 Å². The molecule has 37 heavy (non-hydrogen) atoms. The molecule has 0 aliphatic rings. The maximum atomic E-state index is 12.6. The predicted molar refractivity (Wildman–Crippen MR) is 141 cm³/mol. The van der Waals surface area contributed by atoms with Crippen molar-refractivity contribution in [3.63, 3.8) is 0 Å². The summed E-state index contributed by atoms with van der Waals surface area (Å²) in [6.07, 6.45) is 1.33. The number of amides is 2. The Bertz CT molecular complexity index is 1310. The molecule has 0 radical (unpaired) electrons. The molecule has 0 fully saturated rings. The highest BCUT2D eigenvalue weighted by atomic mass is 35.5. The Balaban J connectivity index is 1.63. The Labute approximate surface area is 219 Å². The molecule has 2 N–H and O–H groups in total. The standard InChI is InChI=1S/C27H26ClN3O6/c1-4-35-20-12-10-19(11-13-20)27(34)37-23-14-9-18(15-24(23)36-5-2)16-29-31-26(33)25(32)30-22-8-6-7-21(28)17(22)3/h6-16H,4-5H2,1-3H3,(H,30,32)(H,31,33)/b29-16+. The van der Waals surface area contributed by atoms with Crippen molar-refractivity contribution in [2.45, 2.75) is 20.8 Å². The van der Waals surface area contributed by atoms with E-state index in [9.17, 15) is 14.4 Å². The maximum Gasteiger partial charge on any atom is 0.343 e. The Morgan fingerprint density at radius 2 is 1.65 bits per heavy atom. The first-order valence-electron chi connectivity index (χ1n) is 11.4. The molecule has 0 unspecified atom stereocenters. The fourth-order valence-electron chi connectivity index (χ4n) is 3.11. The summed E-state index contributed by atoms with van der Waals surface area (Å²) in [5.41, 5.74) is 4.12. The van der Waals surface area contributed by atoms with Crippen LogP contribution in [0.25, 0.3) is 0 Å². The molecule has 0 saturated heterocycles. The first-order chi connectivity index (χ1) is 17.8. The van der Waals surface area contributed by atoms with Gasteiger partial charge >= 0.3 is 17.8 Å². The van der Waals surface area contributed by atoms with Crippen LogP contribution < -0.4 is 25.0 Å². The number of anilines is 1. The second-order valence-electron chi connectivity index (χ2n) is 7.55. The van der Waals surface area contributed by atoms with Crippen LogP contribution in [-0.2, 0) is 9.59 Å². The number of nitrogens with zero attached hydrogens (tertiary/aromatic N) is 1. The zero-order valence-corrected chi connectivity index (χ0v) is 21.3. The fraction of sp³-hybridized carbons (Fsp3) is 0.185. The molecular formula is C27H26ClN3O6. The minimum Gasteiger partial charge on any atom is -0.494 e. The maximum absolute atomic E-state index is 12.6. The zero-order valence-electron chi connectivity index (χ0n) is 20.5. The Morgan fingerprint density at radius 3 is 2.35 bits per heavy atom. The van der Waals surface area contributed by atoms with Gasteiger partial charge in [-0.15, -0.1) is 0 Å². The molecule has 2 amide bonds. The summed E-state index contributed by atoms with van der Waals surface area (Å²) in [6.45, 7) is 6.24. The van der Waals surface area contributed by atoms with E-state index in [2.05, 4.69) is 15.8 Å². The summed E-state index contributed by atoms with van der Waals surface area (Å²) in [6, 6.07) is 16.3. The van der Waals surface area contributed by atoms with Gasteiger partial charge in [0.25, 0.3) is 0 Å². The lowest BCUT2D eigenvalue weighted by molar-refractivity contribution is -0.136. The Morgan fingerprint density at radius 1 is 0.919 bits per heavy atom. The van der Waals surface area contributed by atoms with Crippen LogP contribution in [0.2, 0.25) is 5.02 Å². The quantitative estimate of drug-likeness (QED) is 0.137. The van der Waals surface area contributed by atoms with Crippen molar-refractivity contribution in [1.29, 1.82) is 0 Å². The van der Waals surface area contributed by atoms with Gasteiger partial charge in [0.05, 0.1) is 25.0 Å². The highest BCUT2D eigenvalue weighted by Gasteiger charge is 2.16. The van der Waals surface area contributed by atoms with Crippen molar-refractivity contribution in [1.82, 2.24) is 5.43 Å². The smallest absolute Gasteiger partial charge is 0.343 e. The molecule has 0 aromatic heterocycles. The number of carbonyl (C=O) groups excluding carboxylic acids is 3. The van der Waals surface area contributed by atoms with Gasteiger partial charge in [0.2, 0.25) is 0 Å². The molecule has 0 heterocycles. The molecule has 0 bridgehead atoms. The van der Waals surface area contributed by atoms with E-state index in [4.69, 9.17) is 25.8 Å². The van der Waals surface area contributed by atoms with E-state index in [0.29, 0.717) is 52.1 Å². The normalized spacial score (nSPS) is 10.6. The average Bonchev–Trinajstić information content (AvgIpc) is 2.89. The van der Waals surface area contributed by atoms with E-state index in [1.54, 1.807) is 74.5 Å². The molecule has 0 saturated carbocycles. The molecule has 192 valence electrons. The van der Waals surface area contributed by atoms with Gasteiger partial charge in [-0.25, -0.2) is 10.2 Å². The van der Waals surface area contributed by atoms with Gasteiger partial charge in [0, 0.05) is 10.7 Å². The summed E-state index contributed by atoms with van der Waals surface area (Å²) >= 11 is 6.03. The molecule has 10 heteroatoms. The monoisotopic (exact) mass is 523 g/mol. The van der Waals surface area contributed by atoms with E-state index in [1.807, 2.05) is 6.92 Å². The van der Waals surface area contributed by atoms with E-state index in [-0.39, 0.29) is 5.75 Å². The molecule has 9 nitrogen and oxygen atoms in total. The lowest BCUT2D eigenvalue weighted by Crippen LogP contribution is -2.32. The minimum atomic E-state index is -0.957. The van der Waals surface area contributed by atoms with Gasteiger partial charge < -0.3 is 19.5 Å². The number of halogens is 1. The van der Waals surface area contributed by atoms with Crippen LogP contribution in [0.15, 0.2) is 65.8 Å². The number of esters is 1. The first kappa shape index (κ1) is 27.2. The highest BCUT2D eigenvalue weighted by Crippen LogP contribution is 2.29. The van der Waals surface area contributed by atoms with Gasteiger partial charge in [0.15, 0.2) is 11.5 Å². The van der Waals surface area contributed by atoms with Crippen molar-refractivity contribution < 1.29 is 28.6 Å². The van der Waals surface area contributed by atoms with Crippen LogP contribution in [0.4, 0.5) is 5.69 Å². The molecule has 0 aliphatic carbocycles. The molecule has 3 rings (SSSR count). The number of ether oxygens (including phenoxy) is 3. The number of nitrogens with one attached hydrogen (secondary N) is 2. The first-order valence-corrected chi connectivity index (χ1v) is 11.8. The molecule has 0 atom stereocenters. The third kappa shape index (κ3) is 7.55. The molecular weight excluding hydrogens is 498 g/mol. The summed E-state index contributed by atoms with van der Waals surface area (Å²) < 4.78 is 16.5. The second-order valence-corrected chi connectivity index (χ2v) is 7.96. The Kier molecular flexibility index (Phi) is 9.62. The van der Waals surface area contributed by atoms with Gasteiger partial charge in [-0.05, 0) is 86.5 Å². The van der Waals surface area contributed by atoms with E-state index < -0.39 is 17.8 Å². The summed E-state index contributed by atoms with van der Waals surface area (Å²) in [5.74, 6) is -1.22. The number of hydrogen-bond donors (Lipinski definition) is 2. The second kappa shape index (κ2) is 13.1. The van der Waals surface area contributed by atoms with Crippen LogP contribution in [0.3, 0.4) is 0 Å². The molecule has 0 spiro atoms. The number of hydrazone groups is 1. The van der Waals surface area contributed by atoms with Gasteiger partial charge in [-0.1, -0.05) is 17.7 Å². The minimum absolute atomic E-state index is 0.221. The SMILES string of the molecule is CCOc1ccc(C(=O)Oc2ccc(/C=N/NC(=O)C(=O)Nc3cccc(Cl)c3C)cc2OCC)cc1. The van der Waals surface area contributed by atoms with E-state index >= 15 is 0 Å². The third-order valence-corrected chi connectivity index (χ3v) is 5.38. The summed E-state index contributed by atoms with van der Waals surface area (Å²) in [7, 11) is 0. The topological polar surface area (TPSA) is 115 Å². The van der Waals surface area contributed by atoms with Crippen molar-refractivity contribution in [3.05, 3.63) is 82.4 Å². The average molecular weight is 524 g/mol. The van der Waals surface area contributed by atoms with Crippen molar-refractivity contribution in [3.8, 4) is 17.2 Å². The van der Waals surface area contributed by atoms with Crippen molar-refractivity contribution in [2.75, 3.05) is 18.5 Å².